The van der Waals surface area contributed by atoms with Crippen molar-refractivity contribution in [3.8, 4) is 11.5 Å². The van der Waals surface area contributed by atoms with E-state index >= 15 is 0 Å². The van der Waals surface area contributed by atoms with E-state index in [0.29, 0.717) is 12.0 Å². The third-order valence-corrected chi connectivity index (χ3v) is 3.83. The zero-order valence-electron chi connectivity index (χ0n) is 12.4. The third kappa shape index (κ3) is 3.87. The number of aliphatic hydroxyl groups excluding tert-OH is 1. The highest BCUT2D eigenvalue weighted by molar-refractivity contribution is 5.43. The Morgan fingerprint density at radius 1 is 1.50 bits per heavy atom. The van der Waals surface area contributed by atoms with E-state index < -0.39 is 0 Å². The summed E-state index contributed by atoms with van der Waals surface area (Å²) in [6, 6.07) is 6.31. The van der Waals surface area contributed by atoms with Crippen LogP contribution in [0.3, 0.4) is 0 Å². The van der Waals surface area contributed by atoms with Crippen LogP contribution in [0.2, 0.25) is 0 Å². The van der Waals surface area contributed by atoms with Gasteiger partial charge in [0.05, 0.1) is 13.7 Å². The van der Waals surface area contributed by atoms with E-state index in [0.717, 1.165) is 43.9 Å². The van der Waals surface area contributed by atoms with Gasteiger partial charge >= 0.3 is 0 Å². The molecular weight excluding hydrogens is 254 g/mol. The predicted molar refractivity (Wildman–Crippen MR) is 79.3 cm³/mol. The van der Waals surface area contributed by atoms with Gasteiger partial charge in [0.25, 0.3) is 0 Å². The summed E-state index contributed by atoms with van der Waals surface area (Å²) in [5.41, 5.74) is 1.19. The topological polar surface area (TPSA) is 50.7 Å². The minimum absolute atomic E-state index is 0.275. The summed E-state index contributed by atoms with van der Waals surface area (Å²) in [5, 5.41) is 12.6. The highest BCUT2D eigenvalue weighted by Gasteiger charge is 2.21. The largest absolute Gasteiger partial charge is 0.497 e. The van der Waals surface area contributed by atoms with Gasteiger partial charge in [-0.25, -0.2) is 0 Å². The maximum absolute atomic E-state index is 9.02. The number of benzene rings is 1. The van der Waals surface area contributed by atoms with Crippen molar-refractivity contribution in [2.24, 2.45) is 5.92 Å². The third-order valence-electron chi connectivity index (χ3n) is 3.83. The number of hydrogen-bond acceptors (Lipinski definition) is 4. The van der Waals surface area contributed by atoms with E-state index in [1.807, 2.05) is 12.1 Å². The van der Waals surface area contributed by atoms with Crippen molar-refractivity contribution < 1.29 is 14.6 Å². The zero-order valence-corrected chi connectivity index (χ0v) is 12.4. The van der Waals surface area contributed by atoms with E-state index in [1.165, 1.54) is 5.56 Å². The first-order valence-corrected chi connectivity index (χ1v) is 7.39. The van der Waals surface area contributed by atoms with Gasteiger partial charge in [-0.2, -0.15) is 0 Å². The molecule has 1 heterocycles. The Balaban J connectivity index is 1.90. The van der Waals surface area contributed by atoms with E-state index in [-0.39, 0.29) is 6.61 Å². The SMILES string of the molecule is COc1ccc2c(c1)C(NCCCC(C)CO)CCO2. The van der Waals surface area contributed by atoms with Crippen LogP contribution < -0.4 is 14.8 Å². The summed E-state index contributed by atoms with van der Waals surface area (Å²) in [6.45, 7) is 4.07. The quantitative estimate of drug-likeness (QED) is 0.753. The van der Waals surface area contributed by atoms with E-state index in [2.05, 4.69) is 18.3 Å². The maximum atomic E-state index is 9.02. The van der Waals surface area contributed by atoms with Crippen molar-refractivity contribution in [2.45, 2.75) is 32.2 Å². The van der Waals surface area contributed by atoms with Crippen LogP contribution in [0.25, 0.3) is 0 Å². The molecule has 2 unspecified atom stereocenters. The van der Waals surface area contributed by atoms with Crippen LogP contribution in [0.4, 0.5) is 0 Å². The Hall–Kier alpha value is -1.26. The first kappa shape index (κ1) is 15.1. The van der Waals surface area contributed by atoms with Crippen molar-refractivity contribution in [3.05, 3.63) is 23.8 Å². The lowest BCUT2D eigenvalue weighted by molar-refractivity contribution is 0.225. The van der Waals surface area contributed by atoms with Gasteiger partial charge in [-0.15, -0.1) is 0 Å². The van der Waals surface area contributed by atoms with Crippen LogP contribution in [-0.4, -0.2) is 32.0 Å². The lowest BCUT2D eigenvalue weighted by Crippen LogP contribution is -2.28. The Kier molecular flexibility index (Phi) is 5.68. The smallest absolute Gasteiger partial charge is 0.124 e. The van der Waals surface area contributed by atoms with Crippen LogP contribution in [0.5, 0.6) is 11.5 Å². The molecule has 2 atom stereocenters. The Morgan fingerprint density at radius 3 is 3.10 bits per heavy atom. The Bertz CT molecular complexity index is 422. The molecule has 0 aliphatic carbocycles. The highest BCUT2D eigenvalue weighted by atomic mass is 16.5. The van der Waals surface area contributed by atoms with Crippen LogP contribution in [0.15, 0.2) is 18.2 Å². The maximum Gasteiger partial charge on any atom is 0.124 e. The molecule has 1 aromatic carbocycles. The summed E-state index contributed by atoms with van der Waals surface area (Å²) in [7, 11) is 1.68. The van der Waals surface area contributed by atoms with Gasteiger partial charge in [-0.3, -0.25) is 0 Å². The number of aliphatic hydroxyl groups is 1. The van der Waals surface area contributed by atoms with Crippen molar-refractivity contribution >= 4 is 0 Å². The fourth-order valence-corrected chi connectivity index (χ4v) is 2.53. The number of hydrogen-bond donors (Lipinski definition) is 2. The van der Waals surface area contributed by atoms with Crippen molar-refractivity contribution in [1.82, 2.24) is 5.32 Å². The lowest BCUT2D eigenvalue weighted by atomic mass is 9.99. The molecule has 0 saturated heterocycles. The van der Waals surface area contributed by atoms with Crippen LogP contribution in [0, 0.1) is 5.92 Å². The van der Waals surface area contributed by atoms with Gasteiger partial charge in [0, 0.05) is 24.6 Å². The normalized spacial score (nSPS) is 19.1. The molecule has 1 aliphatic rings. The summed E-state index contributed by atoms with van der Waals surface area (Å²) in [5.74, 6) is 2.21. The fraction of sp³-hybridized carbons (Fsp3) is 0.625. The van der Waals surface area contributed by atoms with E-state index in [4.69, 9.17) is 14.6 Å². The molecule has 2 rings (SSSR count). The molecule has 0 spiro atoms. The average molecular weight is 279 g/mol. The van der Waals surface area contributed by atoms with Crippen LogP contribution in [-0.2, 0) is 0 Å². The molecule has 2 N–H and O–H groups in total. The van der Waals surface area contributed by atoms with Gasteiger partial charge in [-0.1, -0.05) is 6.92 Å². The van der Waals surface area contributed by atoms with Gasteiger partial charge < -0.3 is 19.9 Å². The molecule has 4 nitrogen and oxygen atoms in total. The monoisotopic (exact) mass is 279 g/mol. The molecule has 20 heavy (non-hydrogen) atoms. The Labute approximate surface area is 121 Å². The molecule has 0 aromatic heterocycles. The molecule has 0 amide bonds. The molecule has 0 radical (unpaired) electrons. The van der Waals surface area contributed by atoms with Crippen molar-refractivity contribution in [2.75, 3.05) is 26.9 Å². The van der Waals surface area contributed by atoms with Crippen LogP contribution >= 0.6 is 0 Å². The summed E-state index contributed by atoms with van der Waals surface area (Å²) in [4.78, 5) is 0. The summed E-state index contributed by atoms with van der Waals surface area (Å²) < 4.78 is 11.0. The second-order valence-electron chi connectivity index (χ2n) is 5.48. The first-order valence-electron chi connectivity index (χ1n) is 7.39. The molecule has 0 bridgehead atoms. The molecule has 4 heteroatoms. The molecule has 112 valence electrons. The molecular formula is C16H25NO3. The number of ether oxygens (including phenoxy) is 2. The molecule has 0 saturated carbocycles. The first-order chi connectivity index (χ1) is 9.74. The Morgan fingerprint density at radius 2 is 2.35 bits per heavy atom. The number of fused-ring (bicyclic) bond motifs is 1. The number of rotatable bonds is 7. The second kappa shape index (κ2) is 7.50. The van der Waals surface area contributed by atoms with Crippen molar-refractivity contribution in [3.63, 3.8) is 0 Å². The highest BCUT2D eigenvalue weighted by Crippen LogP contribution is 2.34. The number of nitrogens with one attached hydrogen (secondary N) is 1. The van der Waals surface area contributed by atoms with Gasteiger partial charge in [-0.05, 0) is 43.5 Å². The van der Waals surface area contributed by atoms with Gasteiger partial charge in [0.1, 0.15) is 11.5 Å². The summed E-state index contributed by atoms with van der Waals surface area (Å²) in [6.07, 6.45) is 3.12. The predicted octanol–water partition coefficient (Wildman–Crippen LogP) is 2.52. The minimum Gasteiger partial charge on any atom is -0.497 e. The molecule has 1 aromatic rings. The van der Waals surface area contributed by atoms with Gasteiger partial charge in [0.2, 0.25) is 0 Å². The molecule has 0 fully saturated rings. The lowest BCUT2D eigenvalue weighted by Gasteiger charge is -2.27. The number of methoxy groups -OCH3 is 1. The zero-order chi connectivity index (χ0) is 14.4. The van der Waals surface area contributed by atoms with E-state index in [9.17, 15) is 0 Å². The van der Waals surface area contributed by atoms with Gasteiger partial charge in [0.15, 0.2) is 0 Å². The van der Waals surface area contributed by atoms with E-state index in [1.54, 1.807) is 7.11 Å². The summed E-state index contributed by atoms with van der Waals surface area (Å²) >= 11 is 0. The average Bonchev–Trinajstić information content (AvgIpc) is 2.50. The minimum atomic E-state index is 0.275. The standard InChI is InChI=1S/C16H25NO3/c1-12(11-18)4-3-8-17-15-7-9-20-16-6-5-13(19-2)10-14(15)16/h5-6,10,12,15,17-18H,3-4,7-9,11H2,1-2H3. The molecule has 1 aliphatic heterocycles. The fourth-order valence-electron chi connectivity index (χ4n) is 2.53. The second-order valence-corrected chi connectivity index (χ2v) is 5.48. The van der Waals surface area contributed by atoms with Crippen molar-refractivity contribution in [1.29, 1.82) is 0 Å². The van der Waals surface area contributed by atoms with Crippen LogP contribution in [0.1, 0.15) is 37.8 Å².